The number of hydrogen-bond donors (Lipinski definition) is 0. The molecule has 2 rings (SSSR count). The summed E-state index contributed by atoms with van der Waals surface area (Å²) in [6.45, 7) is 10.1. The third kappa shape index (κ3) is 3.39. The zero-order valence-corrected chi connectivity index (χ0v) is 13.8. The normalized spacial score (nSPS) is 19.6. The molecule has 1 aromatic rings. The van der Waals surface area contributed by atoms with Crippen LogP contribution in [0.2, 0.25) is 0 Å². The molecule has 5 nitrogen and oxygen atoms in total. The fraction of sp³-hybridized carbons (Fsp3) is 0.500. The van der Waals surface area contributed by atoms with Crippen molar-refractivity contribution in [3.05, 3.63) is 30.1 Å². The van der Waals surface area contributed by atoms with Crippen molar-refractivity contribution in [2.24, 2.45) is 0 Å². The lowest BCUT2D eigenvalue weighted by molar-refractivity contribution is -0.137. The zero-order valence-electron chi connectivity index (χ0n) is 13.8. The maximum atomic E-state index is 11.5. The molecule has 0 aliphatic carbocycles. The van der Waals surface area contributed by atoms with Crippen molar-refractivity contribution in [1.82, 2.24) is 4.98 Å². The van der Waals surface area contributed by atoms with Gasteiger partial charge in [0, 0.05) is 17.7 Å². The third-order valence-corrected chi connectivity index (χ3v) is 4.04. The third-order valence-electron chi connectivity index (χ3n) is 4.04. The number of hydrogen-bond acceptors (Lipinski definition) is 5. The van der Waals surface area contributed by atoms with Gasteiger partial charge in [-0.05, 0) is 46.8 Å². The van der Waals surface area contributed by atoms with Crippen LogP contribution in [0, 0.1) is 0 Å². The summed E-state index contributed by atoms with van der Waals surface area (Å²) in [6.07, 6.45) is 4.65. The molecular weight excluding hydrogens is 281 g/mol. The number of ether oxygens (including phenoxy) is 1. The van der Waals surface area contributed by atoms with Gasteiger partial charge in [0.1, 0.15) is 0 Å². The maximum absolute atomic E-state index is 11.5. The molecule has 0 atom stereocenters. The van der Waals surface area contributed by atoms with E-state index in [1.165, 1.54) is 6.08 Å². The van der Waals surface area contributed by atoms with Gasteiger partial charge in [-0.3, -0.25) is 4.98 Å². The first-order valence-electron chi connectivity index (χ1n) is 7.42. The predicted molar refractivity (Wildman–Crippen MR) is 85.6 cm³/mol. The molecule has 0 aromatic carbocycles. The van der Waals surface area contributed by atoms with Gasteiger partial charge in [-0.2, -0.15) is 0 Å². The lowest BCUT2D eigenvalue weighted by Crippen LogP contribution is -2.41. The van der Waals surface area contributed by atoms with Crippen LogP contribution in [0.1, 0.15) is 40.3 Å². The van der Waals surface area contributed by atoms with Gasteiger partial charge in [0.25, 0.3) is 0 Å². The van der Waals surface area contributed by atoms with E-state index in [1.54, 1.807) is 19.2 Å². The molecule has 1 fully saturated rings. The molecule has 0 amide bonds. The number of rotatable bonds is 4. The lowest BCUT2D eigenvalue weighted by atomic mass is 9.77. The van der Waals surface area contributed by atoms with E-state index < -0.39 is 24.3 Å². The second kappa shape index (κ2) is 6.22. The molecule has 118 valence electrons. The van der Waals surface area contributed by atoms with Crippen molar-refractivity contribution >= 4 is 24.6 Å². The van der Waals surface area contributed by atoms with Crippen molar-refractivity contribution in [1.29, 1.82) is 0 Å². The van der Waals surface area contributed by atoms with E-state index in [0.717, 1.165) is 5.46 Å². The minimum Gasteiger partial charge on any atom is -0.463 e. The molecule has 0 bridgehead atoms. The van der Waals surface area contributed by atoms with E-state index in [1.807, 2.05) is 39.8 Å². The summed E-state index contributed by atoms with van der Waals surface area (Å²) in [5.41, 5.74) is 0.585. The van der Waals surface area contributed by atoms with Gasteiger partial charge in [0.15, 0.2) is 0 Å². The first-order valence-corrected chi connectivity index (χ1v) is 7.42. The molecular formula is C16H22BNO4. The Morgan fingerprint density at radius 2 is 1.95 bits per heavy atom. The Labute approximate surface area is 131 Å². The number of pyridine rings is 1. The van der Waals surface area contributed by atoms with Crippen LogP contribution < -0.4 is 5.46 Å². The van der Waals surface area contributed by atoms with Crippen LogP contribution in [0.5, 0.6) is 0 Å². The highest BCUT2D eigenvalue weighted by Crippen LogP contribution is 2.36. The van der Waals surface area contributed by atoms with Crippen LogP contribution in [-0.4, -0.2) is 35.9 Å². The molecule has 22 heavy (non-hydrogen) atoms. The highest BCUT2D eigenvalue weighted by Gasteiger charge is 2.52. The summed E-state index contributed by atoms with van der Waals surface area (Å²) >= 11 is 0. The van der Waals surface area contributed by atoms with Crippen LogP contribution >= 0.6 is 0 Å². The Hall–Kier alpha value is -1.66. The fourth-order valence-corrected chi connectivity index (χ4v) is 2.08. The summed E-state index contributed by atoms with van der Waals surface area (Å²) in [6, 6.07) is 3.71. The largest absolute Gasteiger partial charge is 0.497 e. The topological polar surface area (TPSA) is 57.7 Å². The fourth-order valence-electron chi connectivity index (χ4n) is 2.08. The van der Waals surface area contributed by atoms with Crippen molar-refractivity contribution in [2.45, 2.75) is 45.8 Å². The second-order valence-corrected chi connectivity index (χ2v) is 6.15. The molecule has 0 spiro atoms. The summed E-state index contributed by atoms with van der Waals surface area (Å²) in [5.74, 6) is -0.395. The van der Waals surface area contributed by atoms with Gasteiger partial charge in [-0.25, -0.2) is 4.79 Å². The van der Waals surface area contributed by atoms with Crippen LogP contribution in [0.25, 0.3) is 6.08 Å². The Morgan fingerprint density at radius 1 is 1.32 bits per heavy atom. The lowest BCUT2D eigenvalue weighted by Gasteiger charge is -2.32. The van der Waals surface area contributed by atoms with Crippen molar-refractivity contribution in [3.8, 4) is 0 Å². The summed E-state index contributed by atoms with van der Waals surface area (Å²) in [7, 11) is -0.513. The smallest absolute Gasteiger partial charge is 0.463 e. The molecule has 1 saturated heterocycles. The second-order valence-electron chi connectivity index (χ2n) is 6.15. The Balaban J connectivity index is 2.25. The average molecular weight is 303 g/mol. The van der Waals surface area contributed by atoms with Crippen LogP contribution in [0.3, 0.4) is 0 Å². The van der Waals surface area contributed by atoms with Gasteiger partial charge < -0.3 is 14.0 Å². The van der Waals surface area contributed by atoms with E-state index in [2.05, 4.69) is 4.98 Å². The van der Waals surface area contributed by atoms with Crippen molar-refractivity contribution in [2.75, 3.05) is 6.61 Å². The highest BCUT2D eigenvalue weighted by atomic mass is 16.7. The van der Waals surface area contributed by atoms with E-state index in [4.69, 9.17) is 14.0 Å². The minimum atomic E-state index is -0.513. The first-order chi connectivity index (χ1) is 10.3. The standard InChI is InChI=1S/C16H22BNO4/c1-6-20-14(19)10-9-13-12(8-7-11-18-13)17-21-15(2,3)16(4,5)22-17/h7-11H,6H2,1-5H3/b10-9+. The Morgan fingerprint density at radius 3 is 2.55 bits per heavy atom. The SMILES string of the molecule is CCOC(=O)/C=C/c1ncccc1B1OC(C)(C)C(C)(C)O1. The number of nitrogens with zero attached hydrogens (tertiary/aromatic N) is 1. The highest BCUT2D eigenvalue weighted by molar-refractivity contribution is 6.62. The van der Waals surface area contributed by atoms with Crippen LogP contribution in [0.15, 0.2) is 24.4 Å². The van der Waals surface area contributed by atoms with E-state index in [-0.39, 0.29) is 0 Å². The molecule has 0 saturated carbocycles. The van der Waals surface area contributed by atoms with E-state index in [9.17, 15) is 4.79 Å². The zero-order chi connectivity index (χ0) is 16.4. The van der Waals surface area contributed by atoms with Gasteiger partial charge in [0.05, 0.1) is 23.5 Å². The number of carbonyl (C=O) groups excluding carboxylic acids is 1. The Bertz CT molecular complexity index is 567. The summed E-state index contributed by atoms with van der Waals surface area (Å²) < 4.78 is 16.9. The average Bonchev–Trinajstić information content (AvgIpc) is 2.66. The Kier molecular flexibility index (Phi) is 4.73. The molecule has 0 N–H and O–H groups in total. The minimum absolute atomic E-state index is 0.343. The van der Waals surface area contributed by atoms with E-state index >= 15 is 0 Å². The van der Waals surface area contributed by atoms with Crippen LogP contribution in [0.4, 0.5) is 0 Å². The quantitative estimate of drug-likeness (QED) is 0.483. The summed E-state index contributed by atoms with van der Waals surface area (Å²) in [4.78, 5) is 15.8. The van der Waals surface area contributed by atoms with Gasteiger partial charge in [-0.15, -0.1) is 0 Å². The molecule has 1 aromatic heterocycles. The maximum Gasteiger partial charge on any atom is 0.497 e. The molecule has 2 heterocycles. The number of aromatic nitrogens is 1. The molecule has 0 radical (unpaired) electrons. The monoisotopic (exact) mass is 303 g/mol. The molecule has 1 aliphatic rings. The summed E-state index contributed by atoms with van der Waals surface area (Å²) in [5, 5.41) is 0. The predicted octanol–water partition coefficient (Wildman–Crippen LogP) is 1.96. The molecule has 6 heteroatoms. The molecule has 1 aliphatic heterocycles. The number of esters is 1. The molecule has 0 unspecified atom stereocenters. The van der Waals surface area contributed by atoms with Crippen LogP contribution in [-0.2, 0) is 18.8 Å². The number of carbonyl (C=O) groups is 1. The van der Waals surface area contributed by atoms with E-state index in [0.29, 0.717) is 12.3 Å². The van der Waals surface area contributed by atoms with Crippen molar-refractivity contribution < 1.29 is 18.8 Å². The van der Waals surface area contributed by atoms with Crippen molar-refractivity contribution in [3.63, 3.8) is 0 Å². The first kappa shape index (κ1) is 16.7. The van der Waals surface area contributed by atoms with Gasteiger partial charge in [0.2, 0.25) is 0 Å². The van der Waals surface area contributed by atoms with Gasteiger partial charge in [-0.1, -0.05) is 6.07 Å². The van der Waals surface area contributed by atoms with Gasteiger partial charge >= 0.3 is 13.1 Å².